The molecule has 0 radical (unpaired) electrons. The van der Waals surface area contributed by atoms with Crippen LogP contribution < -0.4 is 0 Å². The van der Waals surface area contributed by atoms with Crippen LogP contribution in [0.3, 0.4) is 0 Å². The molecule has 0 saturated carbocycles. The molecule has 0 aliphatic carbocycles. The van der Waals surface area contributed by atoms with Crippen LogP contribution >= 0.6 is 0 Å². The molecule has 7 heteroatoms. The first-order valence-electron chi connectivity index (χ1n) is 5.32. The molecule has 102 valence electrons. The van der Waals surface area contributed by atoms with E-state index >= 15 is 0 Å². The van der Waals surface area contributed by atoms with Gasteiger partial charge in [0.25, 0.3) is 0 Å². The third-order valence-corrected chi connectivity index (χ3v) is 2.42. The number of aryl methyl sites for hydroxylation is 1. The predicted molar refractivity (Wildman–Crippen MR) is 56.7 cm³/mol. The van der Waals surface area contributed by atoms with E-state index in [1.54, 1.807) is 0 Å². The summed E-state index contributed by atoms with van der Waals surface area (Å²) in [5.74, 6) is -0.363. The average Bonchev–Trinajstić information content (AvgIpc) is 2.75. The summed E-state index contributed by atoms with van der Waals surface area (Å²) < 4.78 is 42.6. The van der Waals surface area contributed by atoms with Crippen molar-refractivity contribution in [2.45, 2.75) is 31.7 Å². The van der Waals surface area contributed by atoms with E-state index in [1.807, 2.05) is 0 Å². The van der Waals surface area contributed by atoms with Gasteiger partial charge >= 0.3 is 12.1 Å². The highest BCUT2D eigenvalue weighted by Gasteiger charge is 2.39. The monoisotopic (exact) mass is 265 g/mol. The number of esters is 1. The SMILES string of the molecule is COC(=O)CCCn1ccc(C(O)C(F)(F)F)c1. The first-order chi connectivity index (χ1) is 8.34. The van der Waals surface area contributed by atoms with E-state index < -0.39 is 12.3 Å². The molecule has 0 aromatic carbocycles. The second-order valence-corrected chi connectivity index (χ2v) is 3.81. The number of hydrogen-bond acceptors (Lipinski definition) is 3. The van der Waals surface area contributed by atoms with Crippen molar-refractivity contribution in [3.05, 3.63) is 24.0 Å². The molecule has 1 N–H and O–H groups in total. The predicted octanol–water partition coefficient (Wildman–Crippen LogP) is 2.04. The molecule has 0 aliphatic heterocycles. The summed E-state index contributed by atoms with van der Waals surface area (Å²) in [6.45, 7) is 0.389. The van der Waals surface area contributed by atoms with Gasteiger partial charge in [0.05, 0.1) is 7.11 Å². The summed E-state index contributed by atoms with van der Waals surface area (Å²) in [4.78, 5) is 10.8. The Morgan fingerprint density at radius 1 is 1.56 bits per heavy atom. The van der Waals surface area contributed by atoms with Gasteiger partial charge in [-0.25, -0.2) is 0 Å². The number of carbonyl (C=O) groups is 1. The van der Waals surface area contributed by atoms with Gasteiger partial charge in [-0.15, -0.1) is 0 Å². The van der Waals surface area contributed by atoms with Crippen molar-refractivity contribution in [2.24, 2.45) is 0 Å². The van der Waals surface area contributed by atoms with Gasteiger partial charge in [0.2, 0.25) is 0 Å². The van der Waals surface area contributed by atoms with E-state index in [0.717, 1.165) is 0 Å². The number of rotatable bonds is 5. The van der Waals surface area contributed by atoms with E-state index in [0.29, 0.717) is 13.0 Å². The van der Waals surface area contributed by atoms with E-state index in [1.165, 1.54) is 30.1 Å². The second kappa shape index (κ2) is 5.90. The zero-order valence-electron chi connectivity index (χ0n) is 9.78. The van der Waals surface area contributed by atoms with E-state index in [4.69, 9.17) is 5.11 Å². The average molecular weight is 265 g/mol. The Bertz CT molecular complexity index is 400. The topological polar surface area (TPSA) is 51.5 Å². The standard InChI is InChI=1S/C11H14F3NO3/c1-18-9(16)3-2-5-15-6-4-8(7-15)10(17)11(12,13)14/h4,6-7,10,17H,2-3,5H2,1H3. The second-order valence-electron chi connectivity index (χ2n) is 3.81. The molecule has 1 unspecified atom stereocenters. The Labute approximate surface area is 102 Å². The summed E-state index contributed by atoms with van der Waals surface area (Å²) in [6, 6.07) is 1.20. The number of methoxy groups -OCH3 is 1. The molecular formula is C11H14F3NO3. The van der Waals surface area contributed by atoms with Gasteiger partial charge < -0.3 is 14.4 Å². The molecule has 1 rings (SSSR count). The van der Waals surface area contributed by atoms with Crippen molar-refractivity contribution in [2.75, 3.05) is 7.11 Å². The van der Waals surface area contributed by atoms with Crippen molar-refractivity contribution in [1.29, 1.82) is 0 Å². The molecule has 1 aromatic heterocycles. The number of ether oxygens (including phenoxy) is 1. The van der Waals surface area contributed by atoms with Crippen molar-refractivity contribution in [3.63, 3.8) is 0 Å². The number of alkyl halides is 3. The number of carbonyl (C=O) groups excluding carboxylic acids is 1. The fourth-order valence-electron chi connectivity index (χ4n) is 1.46. The smallest absolute Gasteiger partial charge is 0.418 e. The van der Waals surface area contributed by atoms with Gasteiger partial charge in [0.1, 0.15) is 0 Å². The lowest BCUT2D eigenvalue weighted by atomic mass is 10.2. The molecule has 0 spiro atoms. The number of aliphatic hydroxyl groups is 1. The molecule has 4 nitrogen and oxygen atoms in total. The van der Waals surface area contributed by atoms with Crippen LogP contribution in [0.25, 0.3) is 0 Å². The Balaban J connectivity index is 2.51. The maximum absolute atomic E-state index is 12.2. The molecule has 1 heterocycles. The van der Waals surface area contributed by atoms with Gasteiger partial charge in [-0.05, 0) is 12.5 Å². The van der Waals surface area contributed by atoms with Gasteiger partial charge in [0, 0.05) is 30.9 Å². The summed E-state index contributed by atoms with van der Waals surface area (Å²) in [6.07, 6.45) is -3.83. The lowest BCUT2D eigenvalue weighted by molar-refractivity contribution is -0.206. The molecule has 0 bridgehead atoms. The number of aliphatic hydroxyl groups excluding tert-OH is 1. The Kier molecular flexibility index (Phi) is 4.77. The van der Waals surface area contributed by atoms with Crippen LogP contribution in [0.5, 0.6) is 0 Å². The van der Waals surface area contributed by atoms with Crippen LogP contribution in [0.4, 0.5) is 13.2 Å². The minimum Gasteiger partial charge on any atom is -0.469 e. The summed E-state index contributed by atoms with van der Waals surface area (Å²) >= 11 is 0. The number of aromatic nitrogens is 1. The van der Waals surface area contributed by atoms with Crippen LogP contribution in [0.15, 0.2) is 18.5 Å². The quantitative estimate of drug-likeness (QED) is 0.829. The third kappa shape index (κ3) is 4.06. The van der Waals surface area contributed by atoms with Crippen LogP contribution in [0, 0.1) is 0 Å². The lowest BCUT2D eigenvalue weighted by Gasteiger charge is -2.12. The highest BCUT2D eigenvalue weighted by Crippen LogP contribution is 2.32. The Morgan fingerprint density at radius 2 is 2.22 bits per heavy atom. The Morgan fingerprint density at radius 3 is 2.78 bits per heavy atom. The van der Waals surface area contributed by atoms with E-state index in [9.17, 15) is 18.0 Å². The zero-order chi connectivity index (χ0) is 13.8. The first-order valence-corrected chi connectivity index (χ1v) is 5.32. The zero-order valence-corrected chi connectivity index (χ0v) is 9.78. The first kappa shape index (κ1) is 14.6. The van der Waals surface area contributed by atoms with E-state index in [2.05, 4.69) is 4.74 Å². The highest BCUT2D eigenvalue weighted by molar-refractivity contribution is 5.68. The van der Waals surface area contributed by atoms with Crippen LogP contribution in [0.1, 0.15) is 24.5 Å². The van der Waals surface area contributed by atoms with Gasteiger partial charge in [-0.3, -0.25) is 4.79 Å². The number of halogens is 3. The number of nitrogens with zero attached hydrogens (tertiary/aromatic N) is 1. The molecule has 0 saturated heterocycles. The maximum atomic E-state index is 12.2. The van der Waals surface area contributed by atoms with E-state index in [-0.39, 0.29) is 18.0 Å². The summed E-state index contributed by atoms with van der Waals surface area (Å²) in [5, 5.41) is 9.01. The van der Waals surface area contributed by atoms with Crippen LogP contribution in [-0.4, -0.2) is 28.9 Å². The number of hydrogen-bond donors (Lipinski definition) is 1. The van der Waals surface area contributed by atoms with Gasteiger partial charge in [0.15, 0.2) is 6.10 Å². The fourth-order valence-corrected chi connectivity index (χ4v) is 1.46. The largest absolute Gasteiger partial charge is 0.469 e. The fraction of sp³-hybridized carbons (Fsp3) is 0.545. The van der Waals surface area contributed by atoms with Crippen molar-refractivity contribution in [3.8, 4) is 0 Å². The lowest BCUT2D eigenvalue weighted by Crippen LogP contribution is -2.19. The minimum atomic E-state index is -4.67. The molecule has 0 aliphatic rings. The highest BCUT2D eigenvalue weighted by atomic mass is 19.4. The third-order valence-electron chi connectivity index (χ3n) is 2.42. The van der Waals surface area contributed by atoms with Crippen LogP contribution in [0.2, 0.25) is 0 Å². The molecule has 18 heavy (non-hydrogen) atoms. The minimum absolute atomic E-state index is 0.200. The molecule has 1 aromatic rings. The normalized spacial score (nSPS) is 13.4. The Hall–Kier alpha value is -1.50. The van der Waals surface area contributed by atoms with Gasteiger partial charge in [-0.2, -0.15) is 13.2 Å². The molecular weight excluding hydrogens is 251 g/mol. The van der Waals surface area contributed by atoms with Crippen molar-refractivity contribution in [1.82, 2.24) is 4.57 Å². The molecule has 0 fully saturated rings. The van der Waals surface area contributed by atoms with Gasteiger partial charge in [-0.1, -0.05) is 0 Å². The molecule has 0 amide bonds. The van der Waals surface area contributed by atoms with Crippen molar-refractivity contribution < 1.29 is 27.8 Å². The van der Waals surface area contributed by atoms with Crippen LogP contribution in [-0.2, 0) is 16.1 Å². The maximum Gasteiger partial charge on any atom is 0.418 e. The molecule has 1 atom stereocenters. The summed E-state index contributed by atoms with van der Waals surface area (Å²) in [5.41, 5.74) is -0.208. The summed E-state index contributed by atoms with van der Waals surface area (Å²) in [7, 11) is 1.27. The van der Waals surface area contributed by atoms with Crippen molar-refractivity contribution >= 4 is 5.97 Å².